The summed E-state index contributed by atoms with van der Waals surface area (Å²) < 4.78 is 0. The van der Waals surface area contributed by atoms with Crippen LogP contribution in [-0.2, 0) is 92.7 Å². The molecule has 0 saturated heterocycles. The molecule has 748 valence electrons. The Morgan fingerprint density at radius 2 is 0.541 bits per heavy atom. The number of guanidine groups is 4. The molecule has 0 aliphatic heterocycles. The minimum absolute atomic E-state index is 0.00606. The first-order valence-electron chi connectivity index (χ1n) is 42.5. The van der Waals surface area contributed by atoms with Gasteiger partial charge in [0.25, 0.3) is 0 Å². The fourth-order valence-electron chi connectivity index (χ4n) is 12.0. The number of amides is 17. The van der Waals surface area contributed by atoms with Crippen molar-refractivity contribution in [3.8, 4) is 5.75 Å². The second kappa shape index (κ2) is 65.3. The molecule has 37 N–H and O–H groups in total. The van der Waals surface area contributed by atoms with Crippen molar-refractivity contribution in [2.24, 2.45) is 46.4 Å². The van der Waals surface area contributed by atoms with Crippen LogP contribution in [0.2, 0.25) is 0 Å². The maximum Gasteiger partial charge on any atom is 0.326 e. The number of aliphatic carboxylic acids is 1. The molecule has 0 unspecified atom stereocenters. The van der Waals surface area contributed by atoms with Gasteiger partial charge in [0, 0.05) is 67.1 Å². The molecule has 0 aliphatic rings. The van der Waals surface area contributed by atoms with Crippen LogP contribution < -0.4 is 140 Å². The molecule has 133 heavy (non-hydrogen) atoms. The number of nitrogens with two attached hydrogens (primary N) is 5. The third kappa shape index (κ3) is 47.2. The van der Waals surface area contributed by atoms with Gasteiger partial charge in [0.1, 0.15) is 90.3 Å². The Bertz CT molecular complexity index is 4100. The van der Waals surface area contributed by atoms with Crippen LogP contribution >= 0.6 is 75.8 Å². The lowest BCUT2D eigenvalue weighted by Gasteiger charge is -2.29. The van der Waals surface area contributed by atoms with E-state index in [-0.39, 0.29) is 120 Å². The minimum atomic E-state index is -1.58. The maximum absolute atomic E-state index is 14.3. The van der Waals surface area contributed by atoms with E-state index in [9.17, 15) is 96.5 Å². The van der Waals surface area contributed by atoms with Gasteiger partial charge in [0.15, 0.2) is 23.8 Å². The Balaban J connectivity index is 3.42. The van der Waals surface area contributed by atoms with Crippen LogP contribution in [0.15, 0.2) is 24.3 Å². The number of nitrogens with one attached hydrogen (secondary N) is 25. The van der Waals surface area contributed by atoms with Crippen molar-refractivity contribution in [1.82, 2.24) is 112 Å². The number of carbonyl (C=O) groups excluding carboxylic acids is 17. The molecule has 50 nitrogen and oxygen atoms in total. The first-order valence-corrected chi connectivity index (χ1v) is 46.3. The zero-order valence-electron chi connectivity index (χ0n) is 74.8. The summed E-state index contributed by atoms with van der Waals surface area (Å²) in [5, 5.41) is 102. The number of benzene rings is 1. The number of phenolic OH excluding ortho intramolecular Hbond substituents is 1. The van der Waals surface area contributed by atoms with E-state index in [1.54, 1.807) is 41.5 Å². The Hall–Kier alpha value is -11.4. The Labute approximate surface area is 803 Å². The predicted octanol–water partition coefficient (Wildman–Crippen LogP) is -10.1. The first kappa shape index (κ1) is 120. The SMILES string of the molecule is CC[C@H](C)[C@H](NC(=O)CN)C(=O)N[C@@H](CS)C(=O)N[C@@H](CCCNC(=N)N)C(=O)N[C@@H](CS)C(=O)N[C@@H](Cc1ccc(O)cc1)C(=O)N[C@@H](CS)C(=O)NCC(=O)N[C@@H](CCCNC(=N)N)C(=O)NCC(=O)N[C@H](C(=O)N[C@@H](CS)C(=O)N[C@@H](CCCNC(=N)N)C(=O)N[C@@H](CS)C(=O)N[C@H](C(=O)N[C@@H](CS)C(=O)NCC(=O)N[C@@H](CCCNC(=N)N)C(=O)O)[C@@H](C)CC)[C@@H](C)CC. The Morgan fingerprint density at radius 3 is 0.842 bits per heavy atom. The molecule has 17 atom stereocenters. The van der Waals surface area contributed by atoms with E-state index in [0.717, 1.165) is 0 Å². The van der Waals surface area contributed by atoms with Crippen LogP contribution in [0.1, 0.15) is 118 Å². The molecule has 17 amide bonds. The fraction of sp³-hybridized carbons (Fsp3) is 0.636. The average Bonchev–Trinajstić information content (AvgIpc) is 0.857. The van der Waals surface area contributed by atoms with Crippen molar-refractivity contribution in [2.45, 2.75) is 203 Å². The second-order valence-electron chi connectivity index (χ2n) is 30.6. The van der Waals surface area contributed by atoms with Crippen LogP contribution in [0.4, 0.5) is 0 Å². The molecule has 56 heteroatoms. The first-order chi connectivity index (χ1) is 62.8. The maximum atomic E-state index is 14.3. The Morgan fingerprint density at radius 1 is 0.308 bits per heavy atom. The summed E-state index contributed by atoms with van der Waals surface area (Å²) >= 11 is 25.5. The highest BCUT2D eigenvalue weighted by Crippen LogP contribution is 2.16. The van der Waals surface area contributed by atoms with Crippen molar-refractivity contribution in [3.05, 3.63) is 29.8 Å². The normalized spacial score (nSPS) is 14.7. The molecule has 1 rings (SSSR count). The smallest absolute Gasteiger partial charge is 0.326 e. The highest BCUT2D eigenvalue weighted by Gasteiger charge is 2.39. The monoisotopic (exact) mass is 1990 g/mol. The van der Waals surface area contributed by atoms with Crippen LogP contribution in [0.25, 0.3) is 0 Å². The van der Waals surface area contributed by atoms with Crippen LogP contribution in [0.3, 0.4) is 0 Å². The lowest BCUT2D eigenvalue weighted by Crippen LogP contribution is -2.61. The number of hydrogen-bond donors (Lipinski definition) is 38. The molecule has 0 radical (unpaired) electrons. The number of carbonyl (C=O) groups is 18. The van der Waals surface area contributed by atoms with E-state index >= 15 is 0 Å². The summed E-state index contributed by atoms with van der Waals surface area (Å²) in [6, 6.07) is -14.7. The van der Waals surface area contributed by atoms with Gasteiger partial charge in [-0.1, -0.05) is 72.9 Å². The van der Waals surface area contributed by atoms with E-state index in [2.05, 4.69) is 187 Å². The highest BCUT2D eigenvalue weighted by molar-refractivity contribution is 7.81. The van der Waals surface area contributed by atoms with E-state index in [1.165, 1.54) is 24.3 Å². The van der Waals surface area contributed by atoms with Gasteiger partial charge in [-0.15, -0.1) is 0 Å². The molecular formula is C77H134N30O20S6. The molecule has 0 aromatic heterocycles. The number of thiol groups is 6. The van der Waals surface area contributed by atoms with Gasteiger partial charge in [0.05, 0.1) is 26.2 Å². The number of aromatic hydroxyl groups is 1. The van der Waals surface area contributed by atoms with Gasteiger partial charge in [-0.05, 0) is 86.8 Å². The zero-order chi connectivity index (χ0) is 101. The van der Waals surface area contributed by atoms with Crippen LogP contribution in [0.5, 0.6) is 5.75 Å². The van der Waals surface area contributed by atoms with Gasteiger partial charge in [-0.2, -0.15) is 75.8 Å². The van der Waals surface area contributed by atoms with Crippen molar-refractivity contribution in [2.75, 3.05) is 86.9 Å². The van der Waals surface area contributed by atoms with Crippen molar-refractivity contribution >= 4 is 206 Å². The van der Waals surface area contributed by atoms with Crippen LogP contribution in [-0.4, -0.2) is 312 Å². The summed E-state index contributed by atoms with van der Waals surface area (Å²) in [4.78, 5) is 246. The zero-order valence-corrected chi connectivity index (χ0v) is 80.2. The van der Waals surface area contributed by atoms with Gasteiger partial charge in [0.2, 0.25) is 100 Å². The third-order valence-corrected chi connectivity index (χ3v) is 22.5. The van der Waals surface area contributed by atoms with Crippen molar-refractivity contribution in [1.29, 1.82) is 21.6 Å². The number of phenols is 1. The Kier molecular flexibility index (Phi) is 58.7. The summed E-state index contributed by atoms with van der Waals surface area (Å²) in [6.07, 6.45) is 0.511. The second-order valence-corrected chi connectivity index (χ2v) is 32.8. The van der Waals surface area contributed by atoms with E-state index in [0.29, 0.717) is 12.0 Å². The molecule has 0 heterocycles. The van der Waals surface area contributed by atoms with Gasteiger partial charge in [-0.3, -0.25) is 103 Å². The van der Waals surface area contributed by atoms with E-state index in [4.69, 9.17) is 50.3 Å². The molecule has 1 aromatic carbocycles. The standard InChI is InChI=1S/C77H134N30O20S6/c1-7-37(4)57(105-53(109)27-78)70(123)103-50(34-131)66(119)96-43(15-11-23-88-75(81)82)63(116)100-49(33-130)68(121)98-46(26-40-18-20-41(108)21-19-40)65(118)99-47(31-128)61(114)92-28-54(110)94-42(14-10-22-87-74(79)80)60(113)91-30-56(112)106-58(38(5)8-2)71(124)104-51(35-132)67(120)97-44(16-12-24-89-76(83)84)64(117)101-52(36-133)69(122)107-59(39(6)9-3)72(125)102-48(32-129)62(115)93-29-55(111)95-45(73(126)127)17-13-25-90-77(85)86/h18-21,37-39,42-52,57-59,108,128-133H,7-17,22-36,78H2,1-6H3,(H,91,113)(H,92,114)(H,93,115)(H,94,110)(H,95,111)(H,96,119)(H,97,120)(H,98,121)(H,99,118)(H,100,116)(H,101,117)(H,102,125)(H,103,123)(H,104,124)(H,105,109)(H,106,112)(H,107,122)(H,126,127)(H4,79,80,87)(H4,81,82,88)(H4,83,84,89)(H4,85,86,90)/t37-,38-,39-,42-,43-,44-,45-,46-,47-,48-,49-,50-,51-,52-,57-,58-,59-/m0/s1. The topological polar surface area (TPSA) is 826 Å². The molecule has 0 saturated carbocycles. The van der Waals surface area contributed by atoms with E-state index < -0.39 is 276 Å². The number of carboxylic acid groups (broad SMARTS) is 1. The quantitative estimate of drug-likeness (QED) is 0.0125. The molecule has 0 fully saturated rings. The van der Waals surface area contributed by atoms with Gasteiger partial charge >= 0.3 is 5.97 Å². The fourth-order valence-corrected chi connectivity index (χ4v) is 13.6. The predicted molar refractivity (Wildman–Crippen MR) is 513 cm³/mol. The van der Waals surface area contributed by atoms with Crippen molar-refractivity contribution in [3.63, 3.8) is 0 Å². The molecule has 0 bridgehead atoms. The lowest BCUT2D eigenvalue weighted by molar-refractivity contribution is -0.142. The lowest BCUT2D eigenvalue weighted by atomic mass is 9.97. The van der Waals surface area contributed by atoms with Crippen LogP contribution in [0, 0.1) is 39.4 Å². The summed E-state index contributed by atoms with van der Waals surface area (Å²) in [7, 11) is 0. The highest BCUT2D eigenvalue weighted by atomic mass is 32.1. The van der Waals surface area contributed by atoms with E-state index in [1.807, 2.05) is 0 Å². The van der Waals surface area contributed by atoms with Gasteiger partial charge in [-0.25, -0.2) is 4.79 Å². The summed E-state index contributed by atoms with van der Waals surface area (Å²) in [5.74, 6) is -22.7. The molecular weight excluding hydrogens is 1860 g/mol. The third-order valence-electron chi connectivity index (χ3n) is 20.3. The van der Waals surface area contributed by atoms with Gasteiger partial charge < -0.3 is 151 Å². The summed E-state index contributed by atoms with van der Waals surface area (Å²) in [5.41, 5.74) is 27.5. The average molecular weight is 1990 g/mol. The molecule has 1 aromatic rings. The molecule has 0 aliphatic carbocycles. The summed E-state index contributed by atoms with van der Waals surface area (Å²) in [6.45, 7) is 7.43. The van der Waals surface area contributed by atoms with Crippen molar-refractivity contribution < 1.29 is 96.5 Å². The number of carboxylic acids is 1. The number of hydrogen-bond acceptors (Lipinski definition) is 30. The largest absolute Gasteiger partial charge is 0.508 e. The minimum Gasteiger partial charge on any atom is -0.508 e. The number of rotatable bonds is 65. The molecule has 0 spiro atoms.